The molecule has 160 valence electrons. The van der Waals surface area contributed by atoms with Gasteiger partial charge < -0.3 is 15.0 Å². The fourth-order valence-corrected chi connectivity index (χ4v) is 4.48. The Morgan fingerprint density at radius 3 is 2.77 bits per heavy atom. The third-order valence-corrected chi connectivity index (χ3v) is 6.10. The van der Waals surface area contributed by atoms with Crippen LogP contribution in [0.4, 0.5) is 15.9 Å². The van der Waals surface area contributed by atoms with Crippen LogP contribution in [0.25, 0.3) is 0 Å². The largest absolute Gasteiger partial charge is 0.494 e. The molecule has 8 heteroatoms. The molecule has 2 heterocycles. The van der Waals surface area contributed by atoms with Gasteiger partial charge in [0.15, 0.2) is 17.4 Å². The van der Waals surface area contributed by atoms with Crippen molar-refractivity contribution in [3.8, 4) is 5.75 Å². The molecule has 1 N–H and O–H groups in total. The number of rotatable bonds is 6. The van der Waals surface area contributed by atoms with Crippen LogP contribution in [0.3, 0.4) is 0 Å². The molecule has 1 atom stereocenters. The highest BCUT2D eigenvalue weighted by atomic mass is 32.2. The molecule has 1 unspecified atom stereocenters. The summed E-state index contributed by atoms with van der Waals surface area (Å²) < 4.78 is 18.9. The van der Waals surface area contributed by atoms with Crippen molar-refractivity contribution in [3.05, 3.63) is 66.7 Å². The summed E-state index contributed by atoms with van der Waals surface area (Å²) in [4.78, 5) is 25.1. The molecule has 31 heavy (non-hydrogen) atoms. The number of anilines is 2. The molecule has 0 radical (unpaired) electrons. The summed E-state index contributed by atoms with van der Waals surface area (Å²) in [5.41, 5.74) is 0.417. The lowest BCUT2D eigenvalue weighted by atomic mass is 9.97. The zero-order valence-corrected chi connectivity index (χ0v) is 17.9. The third kappa shape index (κ3) is 5.14. The number of hydrogen-bond donors (Lipinski definition) is 1. The van der Waals surface area contributed by atoms with Crippen LogP contribution < -0.4 is 15.0 Å². The number of nitrogens with zero attached hydrogens (tertiary/aromatic N) is 3. The van der Waals surface area contributed by atoms with E-state index in [4.69, 9.17) is 4.74 Å². The maximum absolute atomic E-state index is 13.9. The molecular formula is C23H23FN4O2S. The first-order valence-electron chi connectivity index (χ1n) is 10.1. The third-order valence-electron chi connectivity index (χ3n) is 5.12. The summed E-state index contributed by atoms with van der Waals surface area (Å²) in [5, 5.41) is 3.64. The molecule has 1 aliphatic rings. The average molecular weight is 439 g/mol. The Bertz CT molecular complexity index is 1050. The fourth-order valence-electron chi connectivity index (χ4n) is 3.58. The Morgan fingerprint density at radius 1 is 1.19 bits per heavy atom. The van der Waals surface area contributed by atoms with E-state index in [0.29, 0.717) is 12.2 Å². The van der Waals surface area contributed by atoms with E-state index in [2.05, 4.69) is 20.2 Å². The van der Waals surface area contributed by atoms with Gasteiger partial charge >= 0.3 is 0 Å². The molecule has 1 saturated heterocycles. The SMILES string of the molecule is COc1ccc(NC(=O)C2CCCN(c3nccnc3Sc3ccccc3)C2)cc1F. The number of amides is 1. The number of halogens is 1. The Kier molecular flexibility index (Phi) is 6.66. The van der Waals surface area contributed by atoms with Gasteiger partial charge in [0.2, 0.25) is 5.91 Å². The first-order chi connectivity index (χ1) is 15.1. The van der Waals surface area contributed by atoms with Crippen LogP contribution in [0.15, 0.2) is 70.8 Å². The summed E-state index contributed by atoms with van der Waals surface area (Å²) in [7, 11) is 1.41. The van der Waals surface area contributed by atoms with Crippen molar-refractivity contribution in [1.29, 1.82) is 0 Å². The highest BCUT2D eigenvalue weighted by Gasteiger charge is 2.28. The van der Waals surface area contributed by atoms with Crippen LogP contribution in [-0.4, -0.2) is 36.1 Å². The van der Waals surface area contributed by atoms with Gasteiger partial charge in [-0.1, -0.05) is 30.0 Å². The van der Waals surface area contributed by atoms with Gasteiger partial charge in [-0.15, -0.1) is 0 Å². The summed E-state index contributed by atoms with van der Waals surface area (Å²) in [6, 6.07) is 14.4. The first kappa shape index (κ1) is 21.1. The van der Waals surface area contributed by atoms with Gasteiger partial charge in [0.1, 0.15) is 5.03 Å². The summed E-state index contributed by atoms with van der Waals surface area (Å²) in [5.74, 6) is 0.0657. The topological polar surface area (TPSA) is 67.3 Å². The molecule has 0 bridgehead atoms. The van der Waals surface area contributed by atoms with Crippen LogP contribution in [0.1, 0.15) is 12.8 Å². The van der Waals surface area contributed by atoms with Crippen LogP contribution in [-0.2, 0) is 4.79 Å². The molecule has 1 aliphatic heterocycles. The number of hydrogen-bond acceptors (Lipinski definition) is 6. The predicted octanol–water partition coefficient (Wildman–Crippen LogP) is 4.63. The molecule has 6 nitrogen and oxygen atoms in total. The zero-order valence-electron chi connectivity index (χ0n) is 17.1. The quantitative estimate of drug-likeness (QED) is 0.605. The summed E-state index contributed by atoms with van der Waals surface area (Å²) in [6.45, 7) is 1.34. The average Bonchev–Trinajstić information content (AvgIpc) is 2.80. The fraction of sp³-hybridized carbons (Fsp3) is 0.261. The highest BCUT2D eigenvalue weighted by Crippen LogP contribution is 2.34. The minimum atomic E-state index is -0.507. The molecule has 3 aromatic rings. The maximum Gasteiger partial charge on any atom is 0.229 e. The van der Waals surface area contributed by atoms with Gasteiger partial charge in [-0.05, 0) is 37.1 Å². The van der Waals surface area contributed by atoms with Crippen molar-refractivity contribution in [3.63, 3.8) is 0 Å². The molecule has 4 rings (SSSR count). The van der Waals surface area contributed by atoms with Gasteiger partial charge in [0, 0.05) is 42.1 Å². The number of carbonyl (C=O) groups excluding carboxylic acids is 1. The van der Waals surface area contributed by atoms with Crippen molar-refractivity contribution in [1.82, 2.24) is 9.97 Å². The number of ether oxygens (including phenoxy) is 1. The van der Waals surface area contributed by atoms with E-state index in [1.54, 1.807) is 30.2 Å². The van der Waals surface area contributed by atoms with Crippen LogP contribution in [0.2, 0.25) is 0 Å². The van der Waals surface area contributed by atoms with E-state index in [0.717, 1.165) is 35.1 Å². The summed E-state index contributed by atoms with van der Waals surface area (Å²) in [6.07, 6.45) is 4.98. The number of methoxy groups -OCH3 is 1. The number of nitrogens with one attached hydrogen (secondary N) is 1. The predicted molar refractivity (Wildman–Crippen MR) is 119 cm³/mol. The monoisotopic (exact) mass is 438 g/mol. The van der Waals surface area contributed by atoms with E-state index in [9.17, 15) is 9.18 Å². The number of benzene rings is 2. The Labute approximate surface area is 184 Å². The molecule has 1 amide bonds. The minimum Gasteiger partial charge on any atom is -0.494 e. The van der Waals surface area contributed by atoms with E-state index in [1.807, 2.05) is 30.3 Å². The second-order valence-electron chi connectivity index (χ2n) is 7.22. The second-order valence-corrected chi connectivity index (χ2v) is 8.29. The maximum atomic E-state index is 13.9. The van der Waals surface area contributed by atoms with E-state index >= 15 is 0 Å². The number of aromatic nitrogens is 2. The lowest BCUT2D eigenvalue weighted by Gasteiger charge is -2.33. The Hall–Kier alpha value is -3.13. The van der Waals surface area contributed by atoms with Gasteiger partial charge in [-0.3, -0.25) is 4.79 Å². The van der Waals surface area contributed by atoms with Gasteiger partial charge in [0.05, 0.1) is 13.0 Å². The lowest BCUT2D eigenvalue weighted by Crippen LogP contribution is -2.41. The highest BCUT2D eigenvalue weighted by molar-refractivity contribution is 7.99. The molecule has 0 spiro atoms. The van der Waals surface area contributed by atoms with E-state index < -0.39 is 5.82 Å². The lowest BCUT2D eigenvalue weighted by molar-refractivity contribution is -0.120. The molecule has 0 aliphatic carbocycles. The van der Waals surface area contributed by atoms with Crippen molar-refractivity contribution >= 4 is 29.2 Å². The van der Waals surface area contributed by atoms with Crippen molar-refractivity contribution in [2.45, 2.75) is 22.8 Å². The standard InChI is InChI=1S/C23H23FN4O2S/c1-30-20-10-9-17(14-19(20)24)27-22(29)16-6-5-13-28(15-16)21-23(26-12-11-25-21)31-18-7-3-2-4-8-18/h2-4,7-12,14,16H,5-6,13,15H2,1H3,(H,27,29). The smallest absolute Gasteiger partial charge is 0.229 e. The molecule has 0 saturated carbocycles. The van der Waals surface area contributed by atoms with E-state index in [-0.39, 0.29) is 17.6 Å². The van der Waals surface area contributed by atoms with Gasteiger partial charge in [0.25, 0.3) is 0 Å². The van der Waals surface area contributed by atoms with Crippen molar-refractivity contribution < 1.29 is 13.9 Å². The first-order valence-corrected chi connectivity index (χ1v) is 10.9. The van der Waals surface area contributed by atoms with Crippen molar-refractivity contribution in [2.75, 3.05) is 30.4 Å². The van der Waals surface area contributed by atoms with Gasteiger partial charge in [-0.2, -0.15) is 0 Å². The van der Waals surface area contributed by atoms with Crippen LogP contribution in [0, 0.1) is 11.7 Å². The second kappa shape index (κ2) is 9.78. The molecule has 2 aromatic carbocycles. The minimum absolute atomic E-state index is 0.129. The normalized spacial score (nSPS) is 16.1. The van der Waals surface area contributed by atoms with Crippen molar-refractivity contribution in [2.24, 2.45) is 5.92 Å². The Balaban J connectivity index is 1.46. The number of piperidine rings is 1. The van der Waals surface area contributed by atoms with E-state index in [1.165, 1.54) is 19.2 Å². The zero-order chi connectivity index (χ0) is 21.6. The van der Waals surface area contributed by atoms with Crippen LogP contribution in [0.5, 0.6) is 5.75 Å². The Morgan fingerprint density at radius 2 is 2.00 bits per heavy atom. The molecule has 1 aromatic heterocycles. The molecular weight excluding hydrogens is 415 g/mol. The van der Waals surface area contributed by atoms with Gasteiger partial charge in [-0.25, -0.2) is 14.4 Å². The molecule has 1 fully saturated rings. The van der Waals surface area contributed by atoms with Crippen LogP contribution >= 0.6 is 11.8 Å². The number of carbonyl (C=O) groups is 1. The summed E-state index contributed by atoms with van der Waals surface area (Å²) >= 11 is 1.56.